The van der Waals surface area contributed by atoms with E-state index in [4.69, 9.17) is 9.47 Å². The lowest BCUT2D eigenvalue weighted by atomic mass is 10.3. The second-order valence-corrected chi connectivity index (χ2v) is 3.94. The molecule has 4 nitrogen and oxygen atoms in total. The van der Waals surface area contributed by atoms with Crippen LogP contribution in [-0.4, -0.2) is 30.1 Å². The summed E-state index contributed by atoms with van der Waals surface area (Å²) in [4.78, 5) is 0. The van der Waals surface area contributed by atoms with E-state index in [1.807, 2.05) is 10.9 Å². The van der Waals surface area contributed by atoms with Crippen molar-refractivity contribution in [1.82, 2.24) is 9.78 Å². The van der Waals surface area contributed by atoms with Crippen molar-refractivity contribution in [3.05, 3.63) is 12.4 Å². The Kier molecular flexibility index (Phi) is 3.61. The Bertz CT molecular complexity index is 293. The molecule has 0 unspecified atom stereocenters. The van der Waals surface area contributed by atoms with Gasteiger partial charge in [0.15, 0.2) is 5.75 Å². The smallest absolute Gasteiger partial charge is 0.157 e. The van der Waals surface area contributed by atoms with E-state index in [0.29, 0.717) is 19.3 Å². The fourth-order valence-corrected chi connectivity index (χ4v) is 2.01. The van der Waals surface area contributed by atoms with Crippen molar-refractivity contribution >= 4 is 0 Å². The minimum atomic E-state index is 0.588. The van der Waals surface area contributed by atoms with E-state index in [1.165, 1.54) is 25.7 Å². The zero-order chi connectivity index (χ0) is 10.5. The van der Waals surface area contributed by atoms with E-state index >= 15 is 0 Å². The van der Waals surface area contributed by atoms with Crippen molar-refractivity contribution in [3.8, 4) is 5.75 Å². The topological polar surface area (TPSA) is 36.3 Å². The molecule has 0 amide bonds. The minimum absolute atomic E-state index is 0.588. The highest BCUT2D eigenvalue weighted by atomic mass is 16.5. The van der Waals surface area contributed by atoms with Gasteiger partial charge in [-0.15, -0.1) is 0 Å². The molecule has 1 aliphatic rings. The van der Waals surface area contributed by atoms with Crippen LogP contribution in [0, 0.1) is 0 Å². The molecule has 0 saturated heterocycles. The molecular formula is C11H18N2O2. The second kappa shape index (κ2) is 5.16. The van der Waals surface area contributed by atoms with Crippen molar-refractivity contribution in [3.63, 3.8) is 0 Å². The van der Waals surface area contributed by atoms with Crippen molar-refractivity contribution in [2.45, 2.75) is 31.7 Å². The number of nitrogens with zero attached hydrogens (tertiary/aromatic N) is 2. The molecule has 15 heavy (non-hydrogen) atoms. The fourth-order valence-electron chi connectivity index (χ4n) is 2.01. The average molecular weight is 210 g/mol. The van der Waals surface area contributed by atoms with E-state index in [1.54, 1.807) is 13.3 Å². The standard InChI is InChI=1S/C11H18N2O2/c1-14-6-7-15-11-8-12-13(9-11)10-4-2-3-5-10/h8-10H,2-7H2,1H3. The van der Waals surface area contributed by atoms with Gasteiger partial charge in [0.2, 0.25) is 0 Å². The van der Waals surface area contributed by atoms with Gasteiger partial charge in [-0.1, -0.05) is 12.8 Å². The van der Waals surface area contributed by atoms with Crippen LogP contribution in [0.25, 0.3) is 0 Å². The average Bonchev–Trinajstić information content (AvgIpc) is 2.87. The summed E-state index contributed by atoms with van der Waals surface area (Å²) < 4.78 is 12.4. The molecule has 0 spiro atoms. The highest BCUT2D eigenvalue weighted by Gasteiger charge is 2.17. The van der Waals surface area contributed by atoms with E-state index in [9.17, 15) is 0 Å². The first-order valence-electron chi connectivity index (χ1n) is 5.56. The molecule has 1 aromatic rings. The van der Waals surface area contributed by atoms with Crippen LogP contribution in [0.5, 0.6) is 5.75 Å². The third kappa shape index (κ3) is 2.72. The highest BCUT2D eigenvalue weighted by molar-refractivity contribution is 5.12. The summed E-state index contributed by atoms with van der Waals surface area (Å²) in [6.07, 6.45) is 8.92. The SMILES string of the molecule is COCCOc1cnn(C2CCCC2)c1. The quantitative estimate of drug-likeness (QED) is 0.698. The van der Waals surface area contributed by atoms with Gasteiger partial charge >= 0.3 is 0 Å². The summed E-state index contributed by atoms with van der Waals surface area (Å²) in [7, 11) is 1.67. The van der Waals surface area contributed by atoms with Gasteiger partial charge in [0.05, 0.1) is 25.0 Å². The molecule has 1 aromatic heterocycles. The van der Waals surface area contributed by atoms with Gasteiger partial charge in [-0.05, 0) is 12.8 Å². The lowest BCUT2D eigenvalue weighted by molar-refractivity contribution is 0.146. The van der Waals surface area contributed by atoms with Crippen LogP contribution in [0.4, 0.5) is 0 Å². The lowest BCUT2D eigenvalue weighted by Gasteiger charge is -2.08. The number of rotatable bonds is 5. The highest BCUT2D eigenvalue weighted by Crippen LogP contribution is 2.29. The fraction of sp³-hybridized carbons (Fsp3) is 0.727. The molecule has 1 heterocycles. The van der Waals surface area contributed by atoms with Gasteiger partial charge in [-0.25, -0.2) is 0 Å². The molecule has 0 aliphatic heterocycles. The molecule has 1 fully saturated rings. The lowest BCUT2D eigenvalue weighted by Crippen LogP contribution is -2.05. The largest absolute Gasteiger partial charge is 0.488 e. The Hall–Kier alpha value is -1.03. The van der Waals surface area contributed by atoms with Crippen molar-refractivity contribution < 1.29 is 9.47 Å². The van der Waals surface area contributed by atoms with Crippen LogP contribution in [-0.2, 0) is 4.74 Å². The van der Waals surface area contributed by atoms with Gasteiger partial charge in [-0.2, -0.15) is 5.10 Å². The molecular weight excluding hydrogens is 192 g/mol. The first kappa shape index (κ1) is 10.5. The molecule has 0 atom stereocenters. The summed E-state index contributed by atoms with van der Waals surface area (Å²) in [5.41, 5.74) is 0. The Balaban J connectivity index is 1.86. The number of aromatic nitrogens is 2. The van der Waals surface area contributed by atoms with Crippen LogP contribution in [0.3, 0.4) is 0 Å². The molecule has 84 valence electrons. The maximum Gasteiger partial charge on any atom is 0.157 e. The molecule has 1 saturated carbocycles. The van der Waals surface area contributed by atoms with Gasteiger partial charge in [0.1, 0.15) is 6.61 Å². The van der Waals surface area contributed by atoms with Crippen molar-refractivity contribution in [2.24, 2.45) is 0 Å². The summed E-state index contributed by atoms with van der Waals surface area (Å²) >= 11 is 0. The van der Waals surface area contributed by atoms with E-state index in [0.717, 1.165) is 5.75 Å². The van der Waals surface area contributed by atoms with Crippen LogP contribution >= 0.6 is 0 Å². The number of hydrogen-bond acceptors (Lipinski definition) is 3. The van der Waals surface area contributed by atoms with Crippen LogP contribution in [0.2, 0.25) is 0 Å². The summed E-state index contributed by atoms with van der Waals surface area (Å²) in [5.74, 6) is 0.846. The van der Waals surface area contributed by atoms with Crippen LogP contribution in [0.15, 0.2) is 12.4 Å². The van der Waals surface area contributed by atoms with Crippen molar-refractivity contribution in [2.75, 3.05) is 20.3 Å². The Labute approximate surface area is 90.2 Å². The Morgan fingerprint density at radius 1 is 1.40 bits per heavy atom. The van der Waals surface area contributed by atoms with E-state index in [-0.39, 0.29) is 0 Å². The zero-order valence-corrected chi connectivity index (χ0v) is 9.19. The van der Waals surface area contributed by atoms with Gasteiger partial charge in [0, 0.05) is 7.11 Å². The van der Waals surface area contributed by atoms with Crippen LogP contribution < -0.4 is 4.74 Å². The zero-order valence-electron chi connectivity index (χ0n) is 9.19. The third-order valence-electron chi connectivity index (χ3n) is 2.83. The van der Waals surface area contributed by atoms with Gasteiger partial charge in [-0.3, -0.25) is 4.68 Å². The first-order chi connectivity index (χ1) is 7.40. The third-order valence-corrected chi connectivity index (χ3v) is 2.83. The monoisotopic (exact) mass is 210 g/mol. The molecule has 1 aliphatic carbocycles. The molecule has 2 rings (SSSR count). The predicted octanol–water partition coefficient (Wildman–Crippen LogP) is 2.02. The summed E-state index contributed by atoms with van der Waals surface area (Å²) in [5, 5.41) is 4.33. The van der Waals surface area contributed by atoms with Gasteiger partial charge in [0.25, 0.3) is 0 Å². The first-order valence-corrected chi connectivity index (χ1v) is 5.56. The second-order valence-electron chi connectivity index (χ2n) is 3.94. The molecule has 0 radical (unpaired) electrons. The predicted molar refractivity (Wildman–Crippen MR) is 57.1 cm³/mol. The molecule has 0 aromatic carbocycles. The summed E-state index contributed by atoms with van der Waals surface area (Å²) in [6, 6.07) is 0.588. The normalized spacial score (nSPS) is 17.1. The number of hydrogen-bond donors (Lipinski definition) is 0. The van der Waals surface area contributed by atoms with Crippen LogP contribution in [0.1, 0.15) is 31.7 Å². The molecule has 4 heteroatoms. The molecule has 0 N–H and O–H groups in total. The minimum Gasteiger partial charge on any atom is -0.488 e. The van der Waals surface area contributed by atoms with E-state index < -0.39 is 0 Å². The maximum absolute atomic E-state index is 5.48. The Morgan fingerprint density at radius 2 is 2.20 bits per heavy atom. The maximum atomic E-state index is 5.48. The summed E-state index contributed by atoms with van der Waals surface area (Å²) in [6.45, 7) is 1.21. The Morgan fingerprint density at radius 3 is 2.93 bits per heavy atom. The number of ether oxygens (including phenoxy) is 2. The molecule has 0 bridgehead atoms. The number of methoxy groups -OCH3 is 1. The van der Waals surface area contributed by atoms with E-state index in [2.05, 4.69) is 5.10 Å². The van der Waals surface area contributed by atoms with Crippen molar-refractivity contribution in [1.29, 1.82) is 0 Å². The van der Waals surface area contributed by atoms with Gasteiger partial charge < -0.3 is 9.47 Å².